The molecule has 7 heteroatoms. The van der Waals surface area contributed by atoms with Gasteiger partial charge in [-0.05, 0) is 6.54 Å². The van der Waals surface area contributed by atoms with Gasteiger partial charge in [0.2, 0.25) is 5.91 Å². The topological polar surface area (TPSA) is 63.3 Å². The van der Waals surface area contributed by atoms with Gasteiger partial charge in [0.1, 0.15) is 0 Å². The Morgan fingerprint density at radius 1 is 0.750 bits per heavy atom. The van der Waals surface area contributed by atoms with Crippen LogP contribution in [0.15, 0.2) is 0 Å². The van der Waals surface area contributed by atoms with Crippen molar-refractivity contribution in [2.24, 2.45) is 0 Å². The van der Waals surface area contributed by atoms with E-state index >= 15 is 0 Å². The van der Waals surface area contributed by atoms with Gasteiger partial charge >= 0.3 is 0 Å². The van der Waals surface area contributed by atoms with E-state index in [1.165, 1.54) is 13.1 Å². The molecule has 0 aromatic carbocycles. The van der Waals surface area contributed by atoms with Crippen molar-refractivity contribution in [3.63, 3.8) is 0 Å². The van der Waals surface area contributed by atoms with E-state index in [2.05, 4.69) is 22.0 Å². The van der Waals surface area contributed by atoms with Crippen LogP contribution >= 0.6 is 0 Å². The fourth-order valence-electron chi connectivity index (χ4n) is 2.45. The molecule has 1 saturated heterocycles. The van der Waals surface area contributed by atoms with Gasteiger partial charge in [-0.1, -0.05) is 41.5 Å². The van der Waals surface area contributed by atoms with Gasteiger partial charge in [-0.2, -0.15) is 0 Å². The minimum absolute atomic E-state index is 0.0549. The molecule has 0 unspecified atom stereocenters. The minimum atomic E-state index is 0.0549. The fourth-order valence-corrected chi connectivity index (χ4v) is 2.45. The van der Waals surface area contributed by atoms with Crippen LogP contribution in [0.5, 0.6) is 0 Å². The van der Waals surface area contributed by atoms with E-state index in [1.54, 1.807) is 0 Å². The summed E-state index contributed by atoms with van der Waals surface area (Å²) in [6, 6.07) is 0. The summed E-state index contributed by atoms with van der Waals surface area (Å²) >= 11 is 0. The number of nitrogens with one attached hydrogen (secondary N) is 1. The van der Waals surface area contributed by atoms with Crippen molar-refractivity contribution in [2.75, 3.05) is 85.5 Å². The molecule has 1 amide bonds. The van der Waals surface area contributed by atoms with Gasteiger partial charge in [-0.15, -0.1) is 0 Å². The molecule has 1 aliphatic heterocycles. The van der Waals surface area contributed by atoms with Gasteiger partial charge in [0.25, 0.3) is 0 Å². The molecule has 0 bridgehead atoms. The molecule has 28 heavy (non-hydrogen) atoms. The average Bonchev–Trinajstić information content (AvgIpc) is 2.77. The number of nitrogens with zero attached hydrogens (tertiary/aromatic N) is 2. The number of hydrogen-bond donors (Lipinski definition) is 1. The molecule has 0 atom stereocenters. The minimum Gasteiger partial charge on any atom is -0.378 e. The Morgan fingerprint density at radius 3 is 1.71 bits per heavy atom. The number of carbonyl (C=O) groups excluding carboxylic acids is 1. The smallest absolute Gasteiger partial charge is 0.219 e. The SMILES string of the molecule is CC.CC.CCC(=O)NCCOCCOCCOCCN1CCN(CC)CC1. The van der Waals surface area contributed by atoms with Crippen molar-refractivity contribution < 1.29 is 19.0 Å². The highest BCUT2D eigenvalue weighted by molar-refractivity contribution is 5.75. The van der Waals surface area contributed by atoms with Crippen LogP contribution in [0.3, 0.4) is 0 Å². The first-order chi connectivity index (χ1) is 13.8. The number of likely N-dealkylation sites (N-methyl/N-ethyl adjacent to an activating group) is 1. The summed E-state index contributed by atoms with van der Waals surface area (Å²) in [4.78, 5) is 15.9. The number of amides is 1. The van der Waals surface area contributed by atoms with Crippen LogP contribution in [-0.4, -0.2) is 101 Å². The van der Waals surface area contributed by atoms with Gasteiger partial charge in [-0.25, -0.2) is 0 Å². The largest absolute Gasteiger partial charge is 0.378 e. The third kappa shape index (κ3) is 18.6. The Balaban J connectivity index is 0. The molecule has 0 aliphatic carbocycles. The van der Waals surface area contributed by atoms with Crippen molar-refractivity contribution in [2.45, 2.75) is 48.0 Å². The van der Waals surface area contributed by atoms with Crippen molar-refractivity contribution in [3.05, 3.63) is 0 Å². The zero-order chi connectivity index (χ0) is 21.5. The van der Waals surface area contributed by atoms with Crippen LogP contribution in [-0.2, 0) is 19.0 Å². The number of hydrogen-bond acceptors (Lipinski definition) is 6. The summed E-state index contributed by atoms with van der Waals surface area (Å²) in [5.41, 5.74) is 0. The van der Waals surface area contributed by atoms with E-state index < -0.39 is 0 Å². The average molecular weight is 406 g/mol. The van der Waals surface area contributed by atoms with E-state index in [9.17, 15) is 4.79 Å². The first-order valence-corrected chi connectivity index (χ1v) is 11.2. The predicted octanol–water partition coefficient (Wildman–Crippen LogP) is 2.25. The molecule has 0 aromatic heterocycles. The molecule has 1 heterocycles. The maximum atomic E-state index is 11.0. The second-order valence-electron chi connectivity index (χ2n) is 5.82. The molecule has 170 valence electrons. The normalized spacial score (nSPS) is 14.5. The lowest BCUT2D eigenvalue weighted by Crippen LogP contribution is -2.47. The van der Waals surface area contributed by atoms with E-state index in [0.717, 1.165) is 32.8 Å². The third-order valence-corrected chi connectivity index (χ3v) is 4.10. The van der Waals surface area contributed by atoms with Crippen molar-refractivity contribution in [3.8, 4) is 0 Å². The molecule has 7 nitrogen and oxygen atoms in total. The monoisotopic (exact) mass is 405 g/mol. The summed E-state index contributed by atoms with van der Waals surface area (Å²) in [5.74, 6) is 0.0549. The van der Waals surface area contributed by atoms with Crippen LogP contribution in [0.1, 0.15) is 48.0 Å². The standard InChI is InChI=1S/C17H35N3O4.2C2H6/c1-3-17(21)18-5-11-22-13-15-24-16-14-23-12-10-20-8-6-19(4-2)7-9-20;2*1-2/h3-16H2,1-2H3,(H,18,21);2*1-2H3. The molecular formula is C21H47N3O4. The van der Waals surface area contributed by atoms with Crippen LogP contribution in [0.4, 0.5) is 0 Å². The summed E-state index contributed by atoms with van der Waals surface area (Å²) in [5, 5.41) is 2.76. The van der Waals surface area contributed by atoms with Crippen molar-refractivity contribution >= 4 is 5.91 Å². The van der Waals surface area contributed by atoms with Crippen LogP contribution in [0.25, 0.3) is 0 Å². The lowest BCUT2D eigenvalue weighted by molar-refractivity contribution is -0.121. The zero-order valence-electron chi connectivity index (χ0n) is 19.4. The van der Waals surface area contributed by atoms with E-state index in [0.29, 0.717) is 46.0 Å². The highest BCUT2D eigenvalue weighted by Gasteiger charge is 2.14. The number of rotatable bonds is 14. The highest BCUT2D eigenvalue weighted by Crippen LogP contribution is 2.00. The maximum absolute atomic E-state index is 11.0. The summed E-state index contributed by atoms with van der Waals surface area (Å²) in [6.07, 6.45) is 0.512. The van der Waals surface area contributed by atoms with E-state index in [1.807, 2.05) is 34.6 Å². The Kier molecular flexibility index (Phi) is 25.6. The van der Waals surface area contributed by atoms with Crippen LogP contribution < -0.4 is 5.32 Å². The van der Waals surface area contributed by atoms with Gasteiger partial charge in [-0.3, -0.25) is 9.69 Å². The lowest BCUT2D eigenvalue weighted by atomic mass is 10.3. The third-order valence-electron chi connectivity index (χ3n) is 4.10. The first-order valence-electron chi connectivity index (χ1n) is 11.2. The molecular weight excluding hydrogens is 358 g/mol. The quantitative estimate of drug-likeness (QED) is 0.447. The summed E-state index contributed by atoms with van der Waals surface area (Å²) in [7, 11) is 0. The Morgan fingerprint density at radius 2 is 1.21 bits per heavy atom. The zero-order valence-corrected chi connectivity index (χ0v) is 19.4. The second kappa shape index (κ2) is 24.3. The Hall–Kier alpha value is -0.730. The Bertz CT molecular complexity index is 312. The number of carbonyl (C=O) groups is 1. The molecule has 0 spiro atoms. The molecule has 1 N–H and O–H groups in total. The molecule has 0 saturated carbocycles. The summed E-state index contributed by atoms with van der Waals surface area (Å²) < 4.78 is 16.4. The number of ether oxygens (including phenoxy) is 3. The molecule has 1 aliphatic rings. The first kappa shape index (κ1) is 29.5. The van der Waals surface area contributed by atoms with Gasteiger partial charge in [0.15, 0.2) is 0 Å². The number of piperazine rings is 1. The van der Waals surface area contributed by atoms with Crippen molar-refractivity contribution in [1.82, 2.24) is 15.1 Å². The van der Waals surface area contributed by atoms with Gasteiger partial charge < -0.3 is 24.4 Å². The van der Waals surface area contributed by atoms with E-state index in [-0.39, 0.29) is 5.91 Å². The maximum Gasteiger partial charge on any atom is 0.219 e. The fraction of sp³-hybridized carbons (Fsp3) is 0.952. The predicted molar refractivity (Wildman–Crippen MR) is 117 cm³/mol. The molecule has 1 rings (SSSR count). The summed E-state index contributed by atoms with van der Waals surface area (Å²) in [6.45, 7) is 23.0. The van der Waals surface area contributed by atoms with Crippen molar-refractivity contribution in [1.29, 1.82) is 0 Å². The second-order valence-corrected chi connectivity index (χ2v) is 5.82. The van der Waals surface area contributed by atoms with E-state index in [4.69, 9.17) is 14.2 Å². The lowest BCUT2D eigenvalue weighted by Gasteiger charge is -2.33. The highest BCUT2D eigenvalue weighted by atomic mass is 16.5. The Labute approximate surface area is 174 Å². The van der Waals surface area contributed by atoms with Gasteiger partial charge in [0, 0.05) is 45.7 Å². The van der Waals surface area contributed by atoms with Crippen LogP contribution in [0.2, 0.25) is 0 Å². The van der Waals surface area contributed by atoms with Crippen LogP contribution in [0, 0.1) is 0 Å². The molecule has 1 fully saturated rings. The van der Waals surface area contributed by atoms with Gasteiger partial charge in [0.05, 0.1) is 39.6 Å². The molecule has 0 radical (unpaired) electrons. The molecule has 0 aromatic rings.